The summed E-state index contributed by atoms with van der Waals surface area (Å²) in [4.78, 5) is 18.1. The molecule has 0 spiro atoms. The Kier molecular flexibility index (Phi) is 6.62. The summed E-state index contributed by atoms with van der Waals surface area (Å²) < 4.78 is 7.05. The molecule has 2 aromatic heterocycles. The largest absolute Gasteiger partial charge is 0.462 e. The Bertz CT molecular complexity index is 1110. The van der Waals surface area contributed by atoms with Crippen molar-refractivity contribution in [3.63, 3.8) is 0 Å². The smallest absolute Gasteiger partial charge is 0.341 e. The molecule has 4 rings (SSSR count). The molecule has 9 heteroatoms. The van der Waals surface area contributed by atoms with E-state index in [1.165, 1.54) is 10.4 Å². The van der Waals surface area contributed by atoms with Crippen molar-refractivity contribution in [2.45, 2.75) is 46.1 Å². The summed E-state index contributed by atoms with van der Waals surface area (Å²) in [5.41, 5.74) is 4.07. The van der Waals surface area contributed by atoms with E-state index in [0.717, 1.165) is 41.8 Å². The first-order chi connectivity index (χ1) is 15.0. The standard InChI is InChI=1S/C22H25N5O2S2/c1-3-29-20(28)18-16-9-4-5-10-17(16)31-19(18)24-22(30)25-21-23-13-27(26-21)12-15-8-6-7-14(2)11-15/h6-8,11,13H,3-5,9-10,12H2,1-2H3,(H2,24,25,26,30). The van der Waals surface area contributed by atoms with Crippen molar-refractivity contribution in [2.75, 3.05) is 17.2 Å². The van der Waals surface area contributed by atoms with Crippen LogP contribution in [-0.4, -0.2) is 32.5 Å². The number of carbonyl (C=O) groups excluding carboxylic acids is 1. The van der Waals surface area contributed by atoms with Crippen molar-refractivity contribution in [2.24, 2.45) is 0 Å². The van der Waals surface area contributed by atoms with Gasteiger partial charge in [-0.3, -0.25) is 5.32 Å². The van der Waals surface area contributed by atoms with E-state index >= 15 is 0 Å². The van der Waals surface area contributed by atoms with Crippen LogP contribution in [0.1, 0.15) is 51.7 Å². The van der Waals surface area contributed by atoms with Gasteiger partial charge in [0.15, 0.2) is 5.11 Å². The van der Waals surface area contributed by atoms with Crippen molar-refractivity contribution in [3.8, 4) is 0 Å². The number of nitrogens with zero attached hydrogens (tertiary/aromatic N) is 3. The minimum absolute atomic E-state index is 0.298. The molecule has 0 saturated carbocycles. The van der Waals surface area contributed by atoms with Crippen molar-refractivity contribution in [1.29, 1.82) is 0 Å². The minimum atomic E-state index is -0.298. The van der Waals surface area contributed by atoms with E-state index < -0.39 is 0 Å². The van der Waals surface area contributed by atoms with Crippen LogP contribution in [-0.2, 0) is 24.1 Å². The first-order valence-corrected chi connectivity index (χ1v) is 11.6. The van der Waals surface area contributed by atoms with Gasteiger partial charge in [-0.15, -0.1) is 16.4 Å². The second-order valence-electron chi connectivity index (χ2n) is 7.47. The lowest BCUT2D eigenvalue weighted by Gasteiger charge is -2.12. The number of rotatable bonds is 6. The maximum absolute atomic E-state index is 12.6. The third-order valence-corrected chi connectivity index (χ3v) is 6.48. The lowest BCUT2D eigenvalue weighted by atomic mass is 9.95. The number of hydrogen-bond acceptors (Lipinski definition) is 6. The molecule has 0 saturated heterocycles. The molecule has 0 unspecified atom stereocenters. The van der Waals surface area contributed by atoms with E-state index in [4.69, 9.17) is 17.0 Å². The molecule has 2 N–H and O–H groups in total. The van der Waals surface area contributed by atoms with Crippen molar-refractivity contribution in [1.82, 2.24) is 14.8 Å². The van der Waals surface area contributed by atoms with E-state index in [0.29, 0.717) is 29.8 Å². The molecule has 0 bridgehead atoms. The molecule has 1 aliphatic carbocycles. The highest BCUT2D eigenvalue weighted by atomic mass is 32.1. The Labute approximate surface area is 190 Å². The molecule has 1 aliphatic rings. The zero-order chi connectivity index (χ0) is 21.8. The molecule has 0 aliphatic heterocycles. The summed E-state index contributed by atoms with van der Waals surface area (Å²) in [6.45, 7) is 4.85. The highest BCUT2D eigenvalue weighted by molar-refractivity contribution is 7.80. The van der Waals surface area contributed by atoms with Gasteiger partial charge >= 0.3 is 5.97 Å². The molecule has 3 aromatic rings. The fraction of sp³-hybridized carbons (Fsp3) is 0.364. The Balaban J connectivity index is 1.45. The molecule has 0 amide bonds. The minimum Gasteiger partial charge on any atom is -0.462 e. The number of hydrogen-bond donors (Lipinski definition) is 2. The Morgan fingerprint density at radius 1 is 1.29 bits per heavy atom. The highest BCUT2D eigenvalue weighted by Gasteiger charge is 2.26. The summed E-state index contributed by atoms with van der Waals surface area (Å²) in [5, 5.41) is 11.7. The van der Waals surface area contributed by atoms with Gasteiger partial charge in [-0.1, -0.05) is 29.8 Å². The number of fused-ring (bicyclic) bond motifs is 1. The average Bonchev–Trinajstić information content (AvgIpc) is 3.31. The third kappa shape index (κ3) is 5.11. The SMILES string of the molecule is CCOC(=O)c1c(NC(=S)Nc2ncn(Cc3cccc(C)c3)n2)sc2c1CCCC2. The molecule has 162 valence electrons. The zero-order valence-corrected chi connectivity index (χ0v) is 19.2. The molecule has 0 fully saturated rings. The first kappa shape index (κ1) is 21.5. The van der Waals surface area contributed by atoms with E-state index in [1.54, 1.807) is 22.3 Å². The van der Waals surface area contributed by atoms with Crippen LogP contribution in [0.15, 0.2) is 30.6 Å². The van der Waals surface area contributed by atoms with Gasteiger partial charge in [0.1, 0.15) is 11.3 Å². The van der Waals surface area contributed by atoms with Gasteiger partial charge in [0.2, 0.25) is 5.95 Å². The Morgan fingerprint density at radius 2 is 2.13 bits per heavy atom. The van der Waals surface area contributed by atoms with E-state index in [9.17, 15) is 4.79 Å². The normalized spacial score (nSPS) is 12.8. The molecule has 31 heavy (non-hydrogen) atoms. The van der Waals surface area contributed by atoms with Gasteiger partial charge in [0, 0.05) is 4.88 Å². The number of aromatic nitrogens is 3. The van der Waals surface area contributed by atoms with E-state index in [2.05, 4.69) is 45.8 Å². The number of anilines is 2. The lowest BCUT2D eigenvalue weighted by molar-refractivity contribution is 0.0526. The van der Waals surface area contributed by atoms with E-state index in [1.807, 2.05) is 13.0 Å². The molecule has 0 atom stereocenters. The second-order valence-corrected chi connectivity index (χ2v) is 8.98. The van der Waals surface area contributed by atoms with E-state index in [-0.39, 0.29) is 5.97 Å². The number of carbonyl (C=O) groups is 1. The fourth-order valence-electron chi connectivity index (χ4n) is 3.73. The van der Waals surface area contributed by atoms with Gasteiger partial charge in [-0.05, 0) is 62.9 Å². The molecule has 1 aromatic carbocycles. The van der Waals surface area contributed by atoms with Crippen LogP contribution in [0, 0.1) is 6.92 Å². The molecular weight excluding hydrogens is 430 g/mol. The summed E-state index contributed by atoms with van der Waals surface area (Å²) in [6, 6.07) is 8.27. The van der Waals surface area contributed by atoms with Gasteiger partial charge in [-0.2, -0.15) is 0 Å². The monoisotopic (exact) mass is 455 g/mol. The van der Waals surface area contributed by atoms with Crippen LogP contribution in [0.2, 0.25) is 0 Å². The van der Waals surface area contributed by atoms with Crippen LogP contribution in [0.25, 0.3) is 0 Å². The fourth-order valence-corrected chi connectivity index (χ4v) is 5.27. The topological polar surface area (TPSA) is 81.1 Å². The number of ether oxygens (including phenoxy) is 1. The predicted octanol–water partition coefficient (Wildman–Crippen LogP) is 4.56. The molecule has 7 nitrogen and oxygen atoms in total. The van der Waals surface area contributed by atoms with Crippen LogP contribution in [0.5, 0.6) is 0 Å². The molecule has 0 radical (unpaired) electrons. The van der Waals surface area contributed by atoms with Crippen LogP contribution < -0.4 is 10.6 Å². The number of thiophene rings is 1. The summed E-state index contributed by atoms with van der Waals surface area (Å²) in [5.74, 6) is 0.108. The quantitative estimate of drug-likeness (QED) is 0.416. The summed E-state index contributed by atoms with van der Waals surface area (Å²) >= 11 is 7.05. The van der Waals surface area contributed by atoms with Gasteiger partial charge in [-0.25, -0.2) is 14.5 Å². The van der Waals surface area contributed by atoms with Gasteiger partial charge in [0.25, 0.3) is 0 Å². The van der Waals surface area contributed by atoms with Gasteiger partial charge in [0.05, 0.1) is 18.7 Å². The lowest BCUT2D eigenvalue weighted by Crippen LogP contribution is -2.21. The van der Waals surface area contributed by atoms with Gasteiger partial charge < -0.3 is 10.1 Å². The van der Waals surface area contributed by atoms with Crippen LogP contribution in [0.3, 0.4) is 0 Å². The highest BCUT2D eigenvalue weighted by Crippen LogP contribution is 2.38. The third-order valence-electron chi connectivity index (χ3n) is 5.07. The van der Waals surface area contributed by atoms with Crippen LogP contribution in [0.4, 0.5) is 10.9 Å². The number of benzene rings is 1. The maximum atomic E-state index is 12.6. The first-order valence-electron chi connectivity index (χ1n) is 10.4. The Morgan fingerprint density at radius 3 is 2.94 bits per heavy atom. The summed E-state index contributed by atoms with van der Waals surface area (Å²) in [6.07, 6.45) is 5.77. The van der Waals surface area contributed by atoms with Crippen molar-refractivity contribution in [3.05, 3.63) is 57.7 Å². The molecule has 2 heterocycles. The number of thiocarbonyl (C=S) groups is 1. The summed E-state index contributed by atoms with van der Waals surface area (Å²) in [7, 11) is 0. The average molecular weight is 456 g/mol. The maximum Gasteiger partial charge on any atom is 0.341 e. The Hall–Kier alpha value is -2.78. The number of esters is 1. The van der Waals surface area contributed by atoms with Crippen molar-refractivity contribution < 1.29 is 9.53 Å². The van der Waals surface area contributed by atoms with Crippen LogP contribution >= 0.6 is 23.6 Å². The predicted molar refractivity (Wildman–Crippen MR) is 127 cm³/mol. The van der Waals surface area contributed by atoms with Crippen molar-refractivity contribution >= 4 is 45.6 Å². The zero-order valence-electron chi connectivity index (χ0n) is 17.6. The molecular formula is C22H25N5O2S2. The number of nitrogens with one attached hydrogen (secondary N) is 2. The second kappa shape index (κ2) is 9.57. The number of aryl methyl sites for hydroxylation is 2.